The number of aryl methyl sites for hydroxylation is 4. The Bertz CT molecular complexity index is 613. The first kappa shape index (κ1) is 15.8. The van der Waals surface area contributed by atoms with E-state index < -0.39 is 9.84 Å². The molecule has 0 aliphatic heterocycles. The maximum atomic E-state index is 12.1. The summed E-state index contributed by atoms with van der Waals surface area (Å²) in [5.74, 6) is 0.448. The Kier molecular flexibility index (Phi) is 5.18. The van der Waals surface area contributed by atoms with Crippen molar-refractivity contribution in [2.24, 2.45) is 0 Å². The molecule has 0 aliphatic carbocycles. The third kappa shape index (κ3) is 5.35. The van der Waals surface area contributed by atoms with Gasteiger partial charge in [-0.3, -0.25) is 0 Å². The molecule has 0 saturated carbocycles. The lowest BCUT2D eigenvalue weighted by atomic mass is 10.1. The second kappa shape index (κ2) is 6.90. The topological polar surface area (TPSA) is 34.1 Å². The van der Waals surface area contributed by atoms with Crippen LogP contribution in [0.4, 0.5) is 0 Å². The molecule has 0 saturated heterocycles. The zero-order chi connectivity index (χ0) is 15.3. The summed E-state index contributed by atoms with van der Waals surface area (Å²) in [6.45, 7) is 4.06. The summed E-state index contributed by atoms with van der Waals surface area (Å²) in [4.78, 5) is 0. The highest BCUT2D eigenvalue weighted by Crippen LogP contribution is 2.08. The molecule has 0 bridgehead atoms. The molecule has 2 rings (SSSR count). The van der Waals surface area contributed by atoms with E-state index in [9.17, 15) is 8.42 Å². The fourth-order valence-electron chi connectivity index (χ4n) is 2.16. The average molecular weight is 302 g/mol. The van der Waals surface area contributed by atoms with Gasteiger partial charge in [0.25, 0.3) is 0 Å². The van der Waals surface area contributed by atoms with E-state index in [1.54, 1.807) is 0 Å². The monoisotopic (exact) mass is 302 g/mol. The van der Waals surface area contributed by atoms with Gasteiger partial charge in [-0.2, -0.15) is 0 Å². The number of benzene rings is 2. The number of rotatable bonds is 6. The van der Waals surface area contributed by atoms with Crippen LogP contribution in [0.1, 0.15) is 22.3 Å². The van der Waals surface area contributed by atoms with Crippen LogP contribution in [0.25, 0.3) is 0 Å². The van der Waals surface area contributed by atoms with E-state index in [0.717, 1.165) is 11.1 Å². The lowest BCUT2D eigenvalue weighted by Gasteiger charge is -2.06. The minimum absolute atomic E-state index is 0.224. The minimum atomic E-state index is -3.00. The highest BCUT2D eigenvalue weighted by molar-refractivity contribution is 7.91. The molecule has 0 spiro atoms. The van der Waals surface area contributed by atoms with Crippen molar-refractivity contribution in [2.75, 3.05) is 11.5 Å². The second-order valence-corrected chi connectivity index (χ2v) is 7.93. The summed E-state index contributed by atoms with van der Waals surface area (Å²) in [6, 6.07) is 16.1. The minimum Gasteiger partial charge on any atom is -0.229 e. The van der Waals surface area contributed by atoms with E-state index in [4.69, 9.17) is 0 Å². The maximum absolute atomic E-state index is 12.1. The first-order valence-corrected chi connectivity index (χ1v) is 9.08. The molecule has 0 unspecified atom stereocenters. The Morgan fingerprint density at radius 3 is 1.33 bits per heavy atom. The van der Waals surface area contributed by atoms with Crippen molar-refractivity contribution in [3.8, 4) is 0 Å². The highest BCUT2D eigenvalue weighted by Gasteiger charge is 2.11. The fraction of sp³-hybridized carbons (Fsp3) is 0.333. The first-order chi connectivity index (χ1) is 9.94. The zero-order valence-corrected chi connectivity index (χ0v) is 13.5. The van der Waals surface area contributed by atoms with Crippen molar-refractivity contribution in [2.45, 2.75) is 26.7 Å². The molecule has 0 amide bonds. The lowest BCUT2D eigenvalue weighted by molar-refractivity contribution is 0.594. The van der Waals surface area contributed by atoms with Crippen LogP contribution in [0.5, 0.6) is 0 Å². The third-order valence-corrected chi connectivity index (χ3v) is 5.30. The highest BCUT2D eigenvalue weighted by atomic mass is 32.2. The molecule has 21 heavy (non-hydrogen) atoms. The maximum Gasteiger partial charge on any atom is 0.150 e. The van der Waals surface area contributed by atoms with E-state index in [-0.39, 0.29) is 11.5 Å². The van der Waals surface area contributed by atoms with Gasteiger partial charge >= 0.3 is 0 Å². The number of hydrogen-bond donors (Lipinski definition) is 0. The molecule has 0 aliphatic rings. The van der Waals surface area contributed by atoms with Gasteiger partial charge in [0.15, 0.2) is 9.84 Å². The van der Waals surface area contributed by atoms with Gasteiger partial charge in [0.2, 0.25) is 0 Å². The smallest absolute Gasteiger partial charge is 0.150 e. The fourth-order valence-corrected chi connectivity index (χ4v) is 3.46. The zero-order valence-electron chi connectivity index (χ0n) is 12.7. The largest absolute Gasteiger partial charge is 0.229 e. The van der Waals surface area contributed by atoms with Crippen LogP contribution < -0.4 is 0 Å². The van der Waals surface area contributed by atoms with Gasteiger partial charge in [-0.05, 0) is 37.8 Å². The van der Waals surface area contributed by atoms with Gasteiger partial charge < -0.3 is 0 Å². The Balaban J connectivity index is 1.87. The predicted octanol–water partition coefficient (Wildman–Crippen LogP) is 3.50. The molecule has 0 radical (unpaired) electrons. The molecular formula is C18H22O2S. The summed E-state index contributed by atoms with van der Waals surface area (Å²) in [6.07, 6.45) is 1.19. The molecule has 0 heterocycles. The molecule has 2 nitrogen and oxygen atoms in total. The average Bonchev–Trinajstić information content (AvgIpc) is 2.46. The van der Waals surface area contributed by atoms with Crippen molar-refractivity contribution in [3.05, 3.63) is 70.8 Å². The molecule has 2 aromatic rings. The van der Waals surface area contributed by atoms with Gasteiger partial charge in [-0.15, -0.1) is 0 Å². The number of sulfone groups is 1. The quantitative estimate of drug-likeness (QED) is 0.818. The Hall–Kier alpha value is -1.61. The summed E-state index contributed by atoms with van der Waals surface area (Å²) in [7, 11) is -3.00. The van der Waals surface area contributed by atoms with Crippen LogP contribution >= 0.6 is 0 Å². The molecule has 0 N–H and O–H groups in total. The molecule has 2 aromatic carbocycles. The normalized spacial score (nSPS) is 11.5. The van der Waals surface area contributed by atoms with Crippen molar-refractivity contribution in [3.63, 3.8) is 0 Å². The Morgan fingerprint density at radius 2 is 1.00 bits per heavy atom. The van der Waals surface area contributed by atoms with Crippen LogP contribution in [-0.4, -0.2) is 19.9 Å². The van der Waals surface area contributed by atoms with Gasteiger partial charge in [0.1, 0.15) is 0 Å². The molecule has 0 aromatic heterocycles. The van der Waals surface area contributed by atoms with Crippen molar-refractivity contribution < 1.29 is 8.42 Å². The van der Waals surface area contributed by atoms with Crippen LogP contribution in [0, 0.1) is 13.8 Å². The van der Waals surface area contributed by atoms with E-state index >= 15 is 0 Å². The van der Waals surface area contributed by atoms with Crippen LogP contribution in [0.3, 0.4) is 0 Å². The van der Waals surface area contributed by atoms with Crippen LogP contribution in [0.2, 0.25) is 0 Å². The molecule has 0 atom stereocenters. The van der Waals surface area contributed by atoms with E-state index in [1.165, 1.54) is 11.1 Å². The SMILES string of the molecule is Cc1ccc(CCS(=O)(=O)CCc2ccc(C)cc2)cc1. The third-order valence-electron chi connectivity index (χ3n) is 3.64. The van der Waals surface area contributed by atoms with Crippen molar-refractivity contribution >= 4 is 9.84 Å². The lowest BCUT2D eigenvalue weighted by Crippen LogP contribution is -2.14. The van der Waals surface area contributed by atoms with E-state index in [1.807, 2.05) is 62.4 Å². The van der Waals surface area contributed by atoms with Crippen molar-refractivity contribution in [1.82, 2.24) is 0 Å². The molecule has 112 valence electrons. The second-order valence-electron chi connectivity index (χ2n) is 5.62. The van der Waals surface area contributed by atoms with Gasteiger partial charge in [0.05, 0.1) is 11.5 Å². The van der Waals surface area contributed by atoms with Gasteiger partial charge in [-0.25, -0.2) is 8.42 Å². The summed E-state index contributed by atoms with van der Waals surface area (Å²) in [5, 5.41) is 0. The van der Waals surface area contributed by atoms with Gasteiger partial charge in [-0.1, -0.05) is 59.7 Å². The molecular weight excluding hydrogens is 280 g/mol. The summed E-state index contributed by atoms with van der Waals surface area (Å²) in [5.41, 5.74) is 4.56. The molecule has 0 fully saturated rings. The standard InChI is InChI=1S/C18H22O2S/c1-15-3-7-17(8-4-15)11-13-21(19,20)14-12-18-9-5-16(2)6-10-18/h3-10H,11-14H2,1-2H3. The van der Waals surface area contributed by atoms with E-state index in [2.05, 4.69) is 0 Å². The first-order valence-electron chi connectivity index (χ1n) is 7.26. The Morgan fingerprint density at radius 1 is 0.667 bits per heavy atom. The molecule has 3 heteroatoms. The van der Waals surface area contributed by atoms with Crippen LogP contribution in [-0.2, 0) is 22.7 Å². The van der Waals surface area contributed by atoms with Crippen molar-refractivity contribution in [1.29, 1.82) is 0 Å². The Labute approximate surface area is 127 Å². The number of hydrogen-bond acceptors (Lipinski definition) is 2. The van der Waals surface area contributed by atoms with Crippen LogP contribution in [0.15, 0.2) is 48.5 Å². The van der Waals surface area contributed by atoms with Gasteiger partial charge in [0, 0.05) is 0 Å². The van der Waals surface area contributed by atoms with E-state index in [0.29, 0.717) is 12.8 Å². The summed E-state index contributed by atoms with van der Waals surface area (Å²) < 4.78 is 24.2. The predicted molar refractivity (Wildman–Crippen MR) is 88.4 cm³/mol. The summed E-state index contributed by atoms with van der Waals surface area (Å²) >= 11 is 0.